The van der Waals surface area contributed by atoms with E-state index in [1.807, 2.05) is 0 Å². The van der Waals surface area contributed by atoms with Crippen molar-refractivity contribution in [1.29, 1.82) is 0 Å². The van der Waals surface area contributed by atoms with E-state index in [0.29, 0.717) is 5.82 Å². The molecule has 13 heavy (non-hydrogen) atoms. The van der Waals surface area contributed by atoms with Crippen LogP contribution in [-0.2, 0) is 4.57 Å². The summed E-state index contributed by atoms with van der Waals surface area (Å²) in [6.07, 6.45) is 1.24. The van der Waals surface area contributed by atoms with Crippen LogP contribution in [0.25, 0.3) is 0 Å². The fourth-order valence-electron chi connectivity index (χ4n) is 0.838. The third-order valence-electron chi connectivity index (χ3n) is 1.52. The number of H-pyrrole nitrogens is 1. The van der Waals surface area contributed by atoms with E-state index < -0.39 is 13.6 Å². The quantitative estimate of drug-likeness (QED) is 0.486. The van der Waals surface area contributed by atoms with E-state index in [9.17, 15) is 4.57 Å². The normalized spacial score (nSPS) is 14.4. The van der Waals surface area contributed by atoms with Crippen molar-refractivity contribution in [3.8, 4) is 0 Å². The summed E-state index contributed by atoms with van der Waals surface area (Å²) in [7, 11) is -3.96. The summed E-state index contributed by atoms with van der Waals surface area (Å²) in [5.41, 5.74) is 5.57. The molecule has 0 radical (unpaired) electrons. The molecule has 1 atom stereocenters. The Morgan fingerprint density at radius 2 is 2.38 bits per heavy atom. The molecule has 0 aliphatic carbocycles. The summed E-state index contributed by atoms with van der Waals surface area (Å²) >= 11 is 0. The molecule has 8 heteroatoms. The van der Waals surface area contributed by atoms with E-state index in [0.717, 1.165) is 0 Å². The largest absolute Gasteiger partial charge is 0.325 e. The molecule has 0 aliphatic heterocycles. The number of aromatic nitrogens is 3. The van der Waals surface area contributed by atoms with Gasteiger partial charge in [-0.1, -0.05) is 0 Å². The van der Waals surface area contributed by atoms with Crippen LogP contribution < -0.4 is 5.73 Å². The van der Waals surface area contributed by atoms with Gasteiger partial charge in [-0.3, -0.25) is 9.66 Å². The van der Waals surface area contributed by atoms with Gasteiger partial charge in [0.2, 0.25) is 0 Å². The summed E-state index contributed by atoms with van der Waals surface area (Å²) in [6.45, 7) is 0. The van der Waals surface area contributed by atoms with Crippen LogP contribution in [0, 0.1) is 0 Å². The van der Waals surface area contributed by atoms with Gasteiger partial charge >= 0.3 is 7.60 Å². The van der Waals surface area contributed by atoms with Crippen molar-refractivity contribution in [2.75, 3.05) is 6.16 Å². The highest BCUT2D eigenvalue weighted by molar-refractivity contribution is 7.51. The maximum Gasteiger partial charge on any atom is 0.325 e. The Hall–Kier alpha value is -0.750. The maximum atomic E-state index is 10.5. The van der Waals surface area contributed by atoms with Crippen LogP contribution in [0.2, 0.25) is 0 Å². The topological polar surface area (TPSA) is 125 Å². The van der Waals surface area contributed by atoms with Crippen molar-refractivity contribution in [1.82, 2.24) is 15.2 Å². The molecule has 1 aromatic rings. The Bertz CT molecular complexity index is 295. The second-order valence-corrected chi connectivity index (χ2v) is 4.43. The number of nitrogens with two attached hydrogens (primary N) is 1. The van der Waals surface area contributed by atoms with Crippen molar-refractivity contribution >= 4 is 7.60 Å². The molecule has 0 amide bonds. The number of rotatable bonds is 4. The van der Waals surface area contributed by atoms with Crippen LogP contribution in [0.3, 0.4) is 0 Å². The lowest BCUT2D eigenvalue weighted by atomic mass is 10.2. The molecule has 1 heterocycles. The van der Waals surface area contributed by atoms with Crippen molar-refractivity contribution in [2.24, 2.45) is 5.73 Å². The monoisotopic (exact) mass is 206 g/mol. The Morgan fingerprint density at radius 3 is 2.85 bits per heavy atom. The first-order chi connectivity index (χ1) is 5.99. The molecule has 5 N–H and O–H groups in total. The molecule has 1 unspecified atom stereocenters. The standard InChI is InChI=1S/C5H11N4O3P/c6-4(1-2-13(10,11)12)5-7-3-8-9-5/h3-4H,1-2,6H2,(H,7,8,9)(H2,10,11,12). The van der Waals surface area contributed by atoms with Crippen molar-refractivity contribution < 1.29 is 14.4 Å². The van der Waals surface area contributed by atoms with Gasteiger partial charge in [-0.05, 0) is 6.42 Å². The first-order valence-electron chi connectivity index (χ1n) is 3.64. The second kappa shape index (κ2) is 3.97. The lowest BCUT2D eigenvalue weighted by Crippen LogP contribution is -2.13. The Morgan fingerprint density at radius 1 is 1.69 bits per heavy atom. The van der Waals surface area contributed by atoms with E-state index in [1.54, 1.807) is 0 Å². The van der Waals surface area contributed by atoms with Crippen molar-refractivity contribution in [3.63, 3.8) is 0 Å². The number of nitrogens with one attached hydrogen (secondary N) is 1. The Labute approximate surface area is 74.5 Å². The lowest BCUT2D eigenvalue weighted by Gasteiger charge is -2.08. The molecule has 0 bridgehead atoms. The molecular formula is C5H11N4O3P. The molecule has 0 aromatic carbocycles. The predicted molar refractivity (Wildman–Crippen MR) is 44.8 cm³/mol. The molecule has 1 rings (SSSR count). The highest BCUT2D eigenvalue weighted by Gasteiger charge is 2.17. The van der Waals surface area contributed by atoms with Gasteiger partial charge in [0.25, 0.3) is 0 Å². The zero-order valence-electron chi connectivity index (χ0n) is 6.79. The van der Waals surface area contributed by atoms with E-state index in [-0.39, 0.29) is 12.6 Å². The Kier molecular flexibility index (Phi) is 3.16. The minimum Gasteiger partial charge on any atom is -0.324 e. The van der Waals surface area contributed by atoms with Crippen LogP contribution in [0.1, 0.15) is 18.3 Å². The van der Waals surface area contributed by atoms with Crippen LogP contribution in [0.5, 0.6) is 0 Å². The average Bonchev–Trinajstić information content (AvgIpc) is 2.50. The highest BCUT2D eigenvalue weighted by Crippen LogP contribution is 2.36. The minimum atomic E-state index is -3.96. The summed E-state index contributed by atoms with van der Waals surface area (Å²) < 4.78 is 10.5. The fraction of sp³-hybridized carbons (Fsp3) is 0.600. The number of nitrogens with zero attached hydrogens (tertiary/aromatic N) is 2. The van der Waals surface area contributed by atoms with E-state index in [2.05, 4.69) is 15.2 Å². The number of aromatic amines is 1. The van der Waals surface area contributed by atoms with E-state index >= 15 is 0 Å². The van der Waals surface area contributed by atoms with Gasteiger partial charge in [-0.25, -0.2) is 4.98 Å². The molecule has 74 valence electrons. The van der Waals surface area contributed by atoms with Crippen molar-refractivity contribution in [3.05, 3.63) is 12.2 Å². The third kappa shape index (κ3) is 3.65. The molecule has 0 aliphatic rings. The van der Waals surface area contributed by atoms with Gasteiger partial charge in [0.1, 0.15) is 12.2 Å². The molecule has 0 saturated carbocycles. The van der Waals surface area contributed by atoms with Gasteiger partial charge in [-0.2, -0.15) is 5.10 Å². The molecule has 0 fully saturated rings. The summed E-state index contributed by atoms with van der Waals surface area (Å²) in [5.74, 6) is 0.438. The maximum absolute atomic E-state index is 10.5. The molecule has 1 aromatic heterocycles. The summed E-state index contributed by atoms with van der Waals surface area (Å²) in [5, 5.41) is 6.11. The Balaban J connectivity index is 2.43. The van der Waals surface area contributed by atoms with Gasteiger partial charge < -0.3 is 15.5 Å². The molecule has 0 saturated heterocycles. The number of hydrogen-bond donors (Lipinski definition) is 4. The smallest absolute Gasteiger partial charge is 0.324 e. The van der Waals surface area contributed by atoms with E-state index in [1.165, 1.54) is 6.33 Å². The van der Waals surface area contributed by atoms with Crippen LogP contribution in [-0.4, -0.2) is 31.1 Å². The van der Waals surface area contributed by atoms with Crippen LogP contribution in [0.4, 0.5) is 0 Å². The molecule has 7 nitrogen and oxygen atoms in total. The first-order valence-corrected chi connectivity index (χ1v) is 5.44. The predicted octanol–water partition coefficient (Wildman–Crippen LogP) is -0.628. The molecule has 0 spiro atoms. The lowest BCUT2D eigenvalue weighted by molar-refractivity contribution is 0.369. The van der Waals surface area contributed by atoms with Crippen molar-refractivity contribution in [2.45, 2.75) is 12.5 Å². The zero-order chi connectivity index (χ0) is 9.90. The highest BCUT2D eigenvalue weighted by atomic mass is 31.2. The van der Waals surface area contributed by atoms with Crippen LogP contribution in [0.15, 0.2) is 6.33 Å². The van der Waals surface area contributed by atoms with Gasteiger partial charge in [0, 0.05) is 0 Å². The average molecular weight is 206 g/mol. The zero-order valence-corrected chi connectivity index (χ0v) is 7.69. The minimum absolute atomic E-state index is 0.180. The fourth-order valence-corrected chi connectivity index (χ4v) is 1.45. The van der Waals surface area contributed by atoms with Gasteiger partial charge in [-0.15, -0.1) is 0 Å². The molecular weight excluding hydrogens is 195 g/mol. The van der Waals surface area contributed by atoms with E-state index in [4.69, 9.17) is 15.5 Å². The van der Waals surface area contributed by atoms with Gasteiger partial charge in [0.15, 0.2) is 0 Å². The number of hydrogen-bond acceptors (Lipinski definition) is 4. The third-order valence-corrected chi connectivity index (χ3v) is 2.36. The van der Waals surface area contributed by atoms with Gasteiger partial charge in [0.05, 0.1) is 12.2 Å². The first kappa shape index (κ1) is 10.3. The second-order valence-electron chi connectivity index (χ2n) is 2.65. The summed E-state index contributed by atoms with van der Waals surface area (Å²) in [4.78, 5) is 20.9. The van der Waals surface area contributed by atoms with Crippen LogP contribution >= 0.6 is 7.60 Å². The SMILES string of the molecule is NC(CCP(=O)(O)O)c1ncn[nH]1. The summed E-state index contributed by atoms with van der Waals surface area (Å²) in [6, 6.07) is -0.505.